The largest absolute Gasteiger partial charge is 0.322 e. The summed E-state index contributed by atoms with van der Waals surface area (Å²) in [6.45, 7) is 3.91. The van der Waals surface area contributed by atoms with Crippen LogP contribution in [-0.2, 0) is 20.0 Å². The van der Waals surface area contributed by atoms with Crippen LogP contribution in [0.15, 0.2) is 77.7 Å². The zero-order chi connectivity index (χ0) is 24.2. The second-order valence-electron chi connectivity index (χ2n) is 7.42. The first-order chi connectivity index (χ1) is 15.5. The van der Waals surface area contributed by atoms with Crippen LogP contribution in [0.25, 0.3) is 0 Å². The van der Waals surface area contributed by atoms with E-state index in [1.807, 2.05) is 19.1 Å². The fourth-order valence-electron chi connectivity index (χ4n) is 3.14. The van der Waals surface area contributed by atoms with Gasteiger partial charge in [0.15, 0.2) is 0 Å². The molecule has 3 aromatic carbocycles. The van der Waals surface area contributed by atoms with Gasteiger partial charge in [0, 0.05) is 23.5 Å². The third-order valence-electron chi connectivity index (χ3n) is 4.83. The van der Waals surface area contributed by atoms with E-state index < -0.39 is 26.0 Å². The summed E-state index contributed by atoms with van der Waals surface area (Å²) in [6, 6.07) is 19.0. The van der Waals surface area contributed by atoms with Crippen molar-refractivity contribution in [2.45, 2.75) is 18.7 Å². The predicted molar refractivity (Wildman–Crippen MR) is 131 cm³/mol. The van der Waals surface area contributed by atoms with Crippen molar-refractivity contribution in [3.05, 3.63) is 83.9 Å². The molecular weight excluding hydrogens is 462 g/mol. The van der Waals surface area contributed by atoms with Gasteiger partial charge in [-0.25, -0.2) is 16.8 Å². The minimum Gasteiger partial charge on any atom is -0.322 e. The van der Waals surface area contributed by atoms with Gasteiger partial charge in [0.1, 0.15) is 0 Å². The van der Waals surface area contributed by atoms with Crippen molar-refractivity contribution in [2.24, 2.45) is 0 Å². The highest BCUT2D eigenvalue weighted by Crippen LogP contribution is 2.21. The average Bonchev–Trinajstić information content (AvgIpc) is 2.75. The van der Waals surface area contributed by atoms with Crippen molar-refractivity contribution in [3.63, 3.8) is 0 Å². The van der Waals surface area contributed by atoms with Crippen LogP contribution >= 0.6 is 0 Å². The van der Waals surface area contributed by atoms with E-state index in [2.05, 4.69) is 10.0 Å². The summed E-state index contributed by atoms with van der Waals surface area (Å²) < 4.78 is 52.6. The Kier molecular flexibility index (Phi) is 7.09. The van der Waals surface area contributed by atoms with Crippen LogP contribution in [0.2, 0.25) is 0 Å². The molecule has 0 bridgehead atoms. The molecule has 0 heterocycles. The molecule has 0 aliphatic heterocycles. The molecule has 33 heavy (non-hydrogen) atoms. The minimum atomic E-state index is -3.77. The van der Waals surface area contributed by atoms with E-state index >= 15 is 0 Å². The van der Waals surface area contributed by atoms with Crippen molar-refractivity contribution < 1.29 is 21.6 Å². The summed E-state index contributed by atoms with van der Waals surface area (Å²) >= 11 is 0. The number of nitrogens with zero attached hydrogens (tertiary/aromatic N) is 1. The lowest BCUT2D eigenvalue weighted by atomic mass is 10.2. The molecule has 3 aromatic rings. The molecule has 10 heteroatoms. The van der Waals surface area contributed by atoms with Gasteiger partial charge >= 0.3 is 0 Å². The van der Waals surface area contributed by atoms with Crippen LogP contribution in [0.4, 0.5) is 17.1 Å². The molecule has 0 radical (unpaired) electrons. The smallest absolute Gasteiger partial charge is 0.261 e. The van der Waals surface area contributed by atoms with Gasteiger partial charge in [-0.1, -0.05) is 17.7 Å². The van der Waals surface area contributed by atoms with Crippen molar-refractivity contribution >= 4 is 43.0 Å². The van der Waals surface area contributed by atoms with E-state index in [4.69, 9.17) is 0 Å². The van der Waals surface area contributed by atoms with Crippen molar-refractivity contribution in [3.8, 4) is 0 Å². The highest BCUT2D eigenvalue weighted by Gasteiger charge is 2.17. The van der Waals surface area contributed by atoms with Gasteiger partial charge in [0.05, 0.1) is 16.8 Å². The standard InChI is InChI=1S/C23H25N3O5S2/c1-4-26(32(3,28)29)21-13-7-18(8-14-21)23(27)24-19-11-15-22(16-12-19)33(30,31)25-20-9-5-17(2)6-10-20/h5-16,25H,4H2,1-3H3,(H,24,27). The molecule has 0 aliphatic carbocycles. The van der Waals surface area contributed by atoms with Crippen LogP contribution in [-0.4, -0.2) is 35.5 Å². The molecule has 0 atom stereocenters. The Morgan fingerprint density at radius 3 is 1.88 bits per heavy atom. The Labute approximate surface area is 194 Å². The van der Waals surface area contributed by atoms with Crippen molar-refractivity contribution in [2.75, 3.05) is 27.1 Å². The molecule has 8 nitrogen and oxygen atoms in total. The van der Waals surface area contributed by atoms with E-state index in [1.165, 1.54) is 40.7 Å². The van der Waals surface area contributed by atoms with E-state index in [-0.39, 0.29) is 11.4 Å². The number of sulfonamides is 2. The third kappa shape index (κ3) is 6.11. The van der Waals surface area contributed by atoms with Crippen molar-refractivity contribution in [1.29, 1.82) is 0 Å². The maximum Gasteiger partial charge on any atom is 0.261 e. The Morgan fingerprint density at radius 2 is 1.36 bits per heavy atom. The fraction of sp³-hybridized carbons (Fsp3) is 0.174. The normalized spacial score (nSPS) is 11.6. The number of amides is 1. The maximum atomic E-state index is 12.6. The monoisotopic (exact) mass is 487 g/mol. The zero-order valence-electron chi connectivity index (χ0n) is 18.4. The molecule has 0 spiro atoms. The molecule has 1 amide bonds. The van der Waals surface area contributed by atoms with Gasteiger partial charge in [-0.05, 0) is 74.5 Å². The first kappa shape index (κ1) is 24.3. The molecule has 0 aromatic heterocycles. The van der Waals surface area contributed by atoms with Crippen LogP contribution in [0, 0.1) is 6.92 Å². The molecule has 0 fully saturated rings. The van der Waals surface area contributed by atoms with Gasteiger partial charge in [0.2, 0.25) is 10.0 Å². The summed E-state index contributed by atoms with van der Waals surface area (Å²) in [5, 5.41) is 2.70. The molecule has 0 aliphatic rings. The minimum absolute atomic E-state index is 0.0610. The topological polar surface area (TPSA) is 113 Å². The van der Waals surface area contributed by atoms with Crippen molar-refractivity contribution in [1.82, 2.24) is 0 Å². The van der Waals surface area contributed by atoms with Gasteiger partial charge < -0.3 is 5.32 Å². The van der Waals surface area contributed by atoms with E-state index in [0.717, 1.165) is 11.8 Å². The van der Waals surface area contributed by atoms with E-state index in [9.17, 15) is 21.6 Å². The second kappa shape index (κ2) is 9.63. The number of anilines is 3. The molecule has 2 N–H and O–H groups in total. The molecule has 0 saturated carbocycles. The lowest BCUT2D eigenvalue weighted by Crippen LogP contribution is -2.29. The summed E-state index contributed by atoms with van der Waals surface area (Å²) in [6.07, 6.45) is 1.12. The van der Waals surface area contributed by atoms with Crippen LogP contribution in [0.3, 0.4) is 0 Å². The Bertz CT molecular complexity index is 1330. The van der Waals surface area contributed by atoms with E-state index in [0.29, 0.717) is 22.6 Å². The molecule has 3 rings (SSSR count). The average molecular weight is 488 g/mol. The Hall–Kier alpha value is -3.37. The second-order valence-corrected chi connectivity index (χ2v) is 11.0. The summed E-state index contributed by atoms with van der Waals surface area (Å²) in [5.41, 5.74) is 2.70. The number of benzene rings is 3. The number of carbonyl (C=O) groups is 1. The first-order valence-corrected chi connectivity index (χ1v) is 13.4. The predicted octanol–water partition coefficient (Wildman–Crippen LogP) is 3.83. The lowest BCUT2D eigenvalue weighted by Gasteiger charge is -2.20. The highest BCUT2D eigenvalue weighted by atomic mass is 32.2. The number of nitrogens with one attached hydrogen (secondary N) is 2. The Morgan fingerprint density at radius 1 is 0.818 bits per heavy atom. The SMILES string of the molecule is CCN(c1ccc(C(=O)Nc2ccc(S(=O)(=O)Nc3ccc(C)cc3)cc2)cc1)S(C)(=O)=O. The molecule has 174 valence electrons. The highest BCUT2D eigenvalue weighted by molar-refractivity contribution is 7.92. The van der Waals surface area contributed by atoms with E-state index in [1.54, 1.807) is 31.2 Å². The zero-order valence-corrected chi connectivity index (χ0v) is 20.1. The van der Waals surface area contributed by atoms with Crippen LogP contribution in [0.1, 0.15) is 22.8 Å². The number of hydrogen-bond acceptors (Lipinski definition) is 5. The third-order valence-corrected chi connectivity index (χ3v) is 7.50. The number of rotatable bonds is 8. The number of hydrogen-bond donors (Lipinski definition) is 2. The molecule has 0 unspecified atom stereocenters. The van der Waals surface area contributed by atoms with Gasteiger partial charge in [0.25, 0.3) is 15.9 Å². The molecule has 0 saturated heterocycles. The van der Waals surface area contributed by atoms with Gasteiger partial charge in [-0.15, -0.1) is 0 Å². The number of carbonyl (C=O) groups excluding carboxylic acids is 1. The fourth-order valence-corrected chi connectivity index (χ4v) is 5.18. The summed E-state index contributed by atoms with van der Waals surface area (Å²) in [4.78, 5) is 12.6. The Balaban J connectivity index is 1.69. The summed E-state index contributed by atoms with van der Waals surface area (Å²) in [7, 11) is -7.18. The van der Waals surface area contributed by atoms with Gasteiger partial charge in [-0.2, -0.15) is 0 Å². The van der Waals surface area contributed by atoms with Crippen LogP contribution in [0.5, 0.6) is 0 Å². The van der Waals surface area contributed by atoms with Crippen LogP contribution < -0.4 is 14.3 Å². The maximum absolute atomic E-state index is 12.6. The van der Waals surface area contributed by atoms with Gasteiger partial charge in [-0.3, -0.25) is 13.8 Å². The molecular formula is C23H25N3O5S2. The first-order valence-electron chi connectivity index (χ1n) is 10.1. The quantitative estimate of drug-likeness (QED) is 0.501. The lowest BCUT2D eigenvalue weighted by molar-refractivity contribution is 0.102. The number of aryl methyl sites for hydroxylation is 1. The summed E-state index contributed by atoms with van der Waals surface area (Å²) in [5.74, 6) is -0.405.